The summed E-state index contributed by atoms with van der Waals surface area (Å²) >= 11 is 4.15. The number of nitrogens with zero attached hydrogens (tertiary/aromatic N) is 3. The topological polar surface area (TPSA) is 62.7 Å². The first kappa shape index (κ1) is 12.6. The van der Waals surface area contributed by atoms with Gasteiger partial charge in [-0.1, -0.05) is 0 Å². The van der Waals surface area contributed by atoms with E-state index in [2.05, 4.69) is 38.2 Å². The molecule has 5 nitrogen and oxygen atoms in total. The summed E-state index contributed by atoms with van der Waals surface area (Å²) in [5, 5.41) is 6.39. The zero-order valence-electron chi connectivity index (χ0n) is 10.1. The molecule has 18 heavy (non-hydrogen) atoms. The van der Waals surface area contributed by atoms with Gasteiger partial charge < -0.3 is 10.6 Å². The summed E-state index contributed by atoms with van der Waals surface area (Å²) in [4.78, 5) is 12.6. The molecule has 0 aliphatic heterocycles. The standard InChI is InChI=1S/C12H15N5S/c1-9-15-11(14-6-7-18)8-12(16-9)17-10-2-4-13-5-3-10/h2-5,8,18H,6-7H2,1H3,(H2,13,14,15,16,17). The van der Waals surface area contributed by atoms with Crippen LogP contribution in [0.25, 0.3) is 0 Å². The summed E-state index contributed by atoms with van der Waals surface area (Å²) < 4.78 is 0. The quantitative estimate of drug-likeness (QED) is 0.721. The number of aryl methyl sites for hydroxylation is 1. The van der Waals surface area contributed by atoms with Gasteiger partial charge in [0.05, 0.1) is 0 Å². The predicted molar refractivity (Wildman–Crippen MR) is 76.6 cm³/mol. The molecule has 0 amide bonds. The lowest BCUT2D eigenvalue weighted by molar-refractivity contribution is 1.04. The molecule has 0 aliphatic rings. The Hall–Kier alpha value is -1.82. The number of rotatable bonds is 5. The third-order valence-electron chi connectivity index (χ3n) is 2.21. The molecule has 94 valence electrons. The first-order valence-electron chi connectivity index (χ1n) is 5.65. The normalized spacial score (nSPS) is 10.1. The maximum Gasteiger partial charge on any atom is 0.136 e. The van der Waals surface area contributed by atoms with Crippen molar-refractivity contribution in [2.24, 2.45) is 0 Å². The molecule has 6 heteroatoms. The highest BCUT2D eigenvalue weighted by atomic mass is 32.1. The molecule has 2 aromatic heterocycles. The first-order chi connectivity index (χ1) is 8.78. The molecular weight excluding hydrogens is 246 g/mol. The van der Waals surface area contributed by atoms with Crippen molar-refractivity contribution in [3.63, 3.8) is 0 Å². The number of nitrogens with one attached hydrogen (secondary N) is 2. The molecule has 2 aromatic rings. The van der Waals surface area contributed by atoms with Gasteiger partial charge in [0.15, 0.2) is 0 Å². The van der Waals surface area contributed by atoms with Crippen LogP contribution in [0.2, 0.25) is 0 Å². The van der Waals surface area contributed by atoms with Crippen LogP contribution < -0.4 is 10.6 Å². The molecule has 2 N–H and O–H groups in total. The van der Waals surface area contributed by atoms with E-state index in [4.69, 9.17) is 0 Å². The zero-order valence-corrected chi connectivity index (χ0v) is 11.0. The van der Waals surface area contributed by atoms with E-state index in [0.717, 1.165) is 35.4 Å². The fraction of sp³-hybridized carbons (Fsp3) is 0.250. The Labute approximate surface area is 111 Å². The second kappa shape index (κ2) is 6.20. The monoisotopic (exact) mass is 261 g/mol. The van der Waals surface area contributed by atoms with E-state index in [1.807, 2.05) is 25.1 Å². The molecule has 2 heterocycles. The third-order valence-corrected chi connectivity index (χ3v) is 2.43. The fourth-order valence-corrected chi connectivity index (χ4v) is 1.60. The van der Waals surface area contributed by atoms with Crippen LogP contribution in [0.4, 0.5) is 17.3 Å². The highest BCUT2D eigenvalue weighted by Crippen LogP contribution is 2.16. The summed E-state index contributed by atoms with van der Waals surface area (Å²) in [6.07, 6.45) is 3.47. The Morgan fingerprint density at radius 3 is 2.61 bits per heavy atom. The molecule has 0 spiro atoms. The highest BCUT2D eigenvalue weighted by molar-refractivity contribution is 7.80. The van der Waals surface area contributed by atoms with Crippen molar-refractivity contribution in [1.29, 1.82) is 0 Å². The van der Waals surface area contributed by atoms with Crippen LogP contribution in [0.1, 0.15) is 5.82 Å². The third kappa shape index (κ3) is 3.59. The van der Waals surface area contributed by atoms with Crippen molar-refractivity contribution < 1.29 is 0 Å². The highest BCUT2D eigenvalue weighted by Gasteiger charge is 2.01. The smallest absolute Gasteiger partial charge is 0.136 e. The lowest BCUT2D eigenvalue weighted by atomic mass is 10.4. The molecule has 0 saturated carbocycles. The maximum atomic E-state index is 4.34. The van der Waals surface area contributed by atoms with Crippen LogP contribution in [-0.4, -0.2) is 27.2 Å². The fourth-order valence-electron chi connectivity index (χ4n) is 1.49. The Morgan fingerprint density at radius 2 is 1.89 bits per heavy atom. The molecule has 0 unspecified atom stereocenters. The number of hydrogen-bond donors (Lipinski definition) is 3. The SMILES string of the molecule is Cc1nc(NCCS)cc(Nc2ccncc2)n1. The first-order valence-corrected chi connectivity index (χ1v) is 6.28. The Morgan fingerprint density at radius 1 is 1.17 bits per heavy atom. The van der Waals surface area contributed by atoms with E-state index in [0.29, 0.717) is 0 Å². The van der Waals surface area contributed by atoms with Crippen LogP contribution in [0.3, 0.4) is 0 Å². The van der Waals surface area contributed by atoms with Gasteiger partial charge in [0.25, 0.3) is 0 Å². The molecular formula is C12H15N5S. The van der Waals surface area contributed by atoms with E-state index < -0.39 is 0 Å². The summed E-state index contributed by atoms with van der Waals surface area (Å²) in [7, 11) is 0. The van der Waals surface area contributed by atoms with Crippen LogP contribution in [0.15, 0.2) is 30.6 Å². The molecule has 2 rings (SSSR count). The molecule has 0 radical (unpaired) electrons. The summed E-state index contributed by atoms with van der Waals surface area (Å²) in [6.45, 7) is 2.64. The molecule has 0 aromatic carbocycles. The van der Waals surface area contributed by atoms with Gasteiger partial charge in [0.1, 0.15) is 17.5 Å². The van der Waals surface area contributed by atoms with Gasteiger partial charge in [0.2, 0.25) is 0 Å². The van der Waals surface area contributed by atoms with Crippen molar-refractivity contribution in [2.75, 3.05) is 22.9 Å². The number of anilines is 3. The van der Waals surface area contributed by atoms with Gasteiger partial charge in [-0.2, -0.15) is 12.6 Å². The molecule has 0 bridgehead atoms. The van der Waals surface area contributed by atoms with Crippen molar-refractivity contribution >= 4 is 30.0 Å². The van der Waals surface area contributed by atoms with E-state index in [9.17, 15) is 0 Å². The van der Waals surface area contributed by atoms with E-state index in [-0.39, 0.29) is 0 Å². The van der Waals surface area contributed by atoms with Gasteiger partial charge in [-0.15, -0.1) is 0 Å². The predicted octanol–water partition coefficient (Wildman–Crippen LogP) is 2.27. The van der Waals surface area contributed by atoms with Crippen LogP contribution >= 0.6 is 12.6 Å². The van der Waals surface area contributed by atoms with Gasteiger partial charge in [-0.3, -0.25) is 4.98 Å². The molecule has 0 saturated heterocycles. The lowest BCUT2D eigenvalue weighted by Crippen LogP contribution is -2.07. The van der Waals surface area contributed by atoms with Crippen molar-refractivity contribution in [1.82, 2.24) is 15.0 Å². The van der Waals surface area contributed by atoms with Gasteiger partial charge in [-0.25, -0.2) is 9.97 Å². The van der Waals surface area contributed by atoms with Crippen molar-refractivity contribution in [3.05, 3.63) is 36.4 Å². The maximum absolute atomic E-state index is 4.34. The summed E-state index contributed by atoms with van der Waals surface area (Å²) in [5.74, 6) is 3.04. The van der Waals surface area contributed by atoms with Crippen LogP contribution in [0.5, 0.6) is 0 Å². The molecule has 0 aliphatic carbocycles. The largest absolute Gasteiger partial charge is 0.369 e. The second-order valence-corrected chi connectivity index (χ2v) is 4.14. The van der Waals surface area contributed by atoms with Gasteiger partial charge in [0, 0.05) is 36.4 Å². The Balaban J connectivity index is 2.15. The minimum atomic E-state index is 0.718. The average molecular weight is 261 g/mol. The van der Waals surface area contributed by atoms with E-state index in [1.165, 1.54) is 0 Å². The number of aromatic nitrogens is 3. The summed E-state index contributed by atoms with van der Waals surface area (Å²) in [6, 6.07) is 5.65. The van der Waals surface area contributed by atoms with Gasteiger partial charge >= 0.3 is 0 Å². The Bertz CT molecular complexity index is 503. The molecule has 0 atom stereocenters. The van der Waals surface area contributed by atoms with Crippen LogP contribution in [-0.2, 0) is 0 Å². The molecule has 0 fully saturated rings. The van der Waals surface area contributed by atoms with Crippen LogP contribution in [0, 0.1) is 6.92 Å². The zero-order chi connectivity index (χ0) is 12.8. The van der Waals surface area contributed by atoms with Gasteiger partial charge in [-0.05, 0) is 19.1 Å². The Kier molecular flexibility index (Phi) is 4.35. The second-order valence-electron chi connectivity index (χ2n) is 3.70. The van der Waals surface area contributed by atoms with E-state index >= 15 is 0 Å². The number of pyridine rings is 1. The van der Waals surface area contributed by atoms with E-state index in [1.54, 1.807) is 12.4 Å². The van der Waals surface area contributed by atoms with Crippen molar-refractivity contribution in [3.8, 4) is 0 Å². The van der Waals surface area contributed by atoms with Crippen molar-refractivity contribution in [2.45, 2.75) is 6.92 Å². The minimum absolute atomic E-state index is 0.718. The number of hydrogen-bond acceptors (Lipinski definition) is 6. The lowest BCUT2D eigenvalue weighted by Gasteiger charge is -2.09. The minimum Gasteiger partial charge on any atom is -0.369 e. The summed E-state index contributed by atoms with van der Waals surface area (Å²) in [5.41, 5.74) is 0.947. The average Bonchev–Trinajstić information content (AvgIpc) is 2.37. The number of thiol groups is 1.